The normalized spacial score (nSPS) is 17.5. The van der Waals surface area contributed by atoms with E-state index in [0.717, 1.165) is 11.3 Å². The molecule has 2 aromatic rings. The molecule has 22 heavy (non-hydrogen) atoms. The van der Waals surface area contributed by atoms with Crippen LogP contribution in [0.25, 0.3) is 0 Å². The van der Waals surface area contributed by atoms with Gasteiger partial charge >= 0.3 is 0 Å². The first-order valence-electron chi connectivity index (χ1n) is 7.01. The van der Waals surface area contributed by atoms with Gasteiger partial charge in [0.1, 0.15) is 16.9 Å². The Morgan fingerprint density at radius 1 is 1.27 bits per heavy atom. The summed E-state index contributed by atoms with van der Waals surface area (Å²) >= 11 is 1.65. The summed E-state index contributed by atoms with van der Waals surface area (Å²) < 4.78 is 18.6. The van der Waals surface area contributed by atoms with Crippen molar-refractivity contribution < 1.29 is 13.9 Å². The van der Waals surface area contributed by atoms with Gasteiger partial charge in [0.05, 0.1) is 7.11 Å². The Morgan fingerprint density at radius 3 is 2.86 bits per heavy atom. The molecule has 3 rings (SSSR count). The van der Waals surface area contributed by atoms with Crippen LogP contribution in [0.15, 0.2) is 48.5 Å². The quantitative estimate of drug-likeness (QED) is 0.864. The molecule has 1 atom stereocenters. The number of hydrogen-bond donors (Lipinski definition) is 0. The molecule has 0 radical (unpaired) electrons. The Morgan fingerprint density at radius 2 is 2.09 bits per heavy atom. The lowest BCUT2D eigenvalue weighted by molar-refractivity contribution is 0.0760. The maximum absolute atomic E-state index is 13.4. The number of thioether (sulfide) groups is 1. The van der Waals surface area contributed by atoms with Gasteiger partial charge in [-0.25, -0.2) is 4.39 Å². The average molecular weight is 317 g/mol. The number of ether oxygens (including phenoxy) is 1. The Hall–Kier alpha value is -2.01. The number of rotatable bonds is 3. The van der Waals surface area contributed by atoms with E-state index in [2.05, 4.69) is 0 Å². The fraction of sp³-hybridized carbons (Fsp3) is 0.235. The van der Waals surface area contributed by atoms with Crippen molar-refractivity contribution in [1.82, 2.24) is 4.90 Å². The fourth-order valence-electron chi connectivity index (χ4n) is 2.54. The van der Waals surface area contributed by atoms with E-state index in [1.807, 2.05) is 6.07 Å². The van der Waals surface area contributed by atoms with Crippen molar-refractivity contribution in [3.05, 3.63) is 65.5 Å². The summed E-state index contributed by atoms with van der Waals surface area (Å²) in [5.74, 6) is 1.16. The van der Waals surface area contributed by atoms with Crippen LogP contribution in [0.4, 0.5) is 4.39 Å². The second-order valence-corrected chi connectivity index (χ2v) is 6.20. The Labute approximate surface area is 133 Å². The smallest absolute Gasteiger partial charge is 0.255 e. The third kappa shape index (κ3) is 2.95. The number of methoxy groups -OCH3 is 1. The van der Waals surface area contributed by atoms with Crippen LogP contribution in [0, 0.1) is 5.82 Å². The third-order valence-electron chi connectivity index (χ3n) is 3.60. The molecule has 2 aromatic carbocycles. The first-order valence-corrected chi connectivity index (χ1v) is 8.06. The summed E-state index contributed by atoms with van der Waals surface area (Å²) in [6.07, 6.45) is 0. The predicted octanol–water partition coefficient (Wildman–Crippen LogP) is 3.72. The van der Waals surface area contributed by atoms with Crippen molar-refractivity contribution in [1.29, 1.82) is 0 Å². The van der Waals surface area contributed by atoms with Crippen molar-refractivity contribution >= 4 is 17.7 Å². The van der Waals surface area contributed by atoms with Gasteiger partial charge in [-0.2, -0.15) is 0 Å². The number of nitrogens with zero attached hydrogens (tertiary/aromatic N) is 1. The van der Waals surface area contributed by atoms with Gasteiger partial charge in [0.2, 0.25) is 0 Å². The highest BCUT2D eigenvalue weighted by Crippen LogP contribution is 2.39. The van der Waals surface area contributed by atoms with Gasteiger partial charge in [0, 0.05) is 17.9 Å². The lowest BCUT2D eigenvalue weighted by Gasteiger charge is -2.24. The first-order chi connectivity index (χ1) is 10.7. The number of halogens is 1. The molecule has 0 aromatic heterocycles. The van der Waals surface area contributed by atoms with E-state index in [4.69, 9.17) is 4.74 Å². The molecular formula is C17H16FNO2S. The monoisotopic (exact) mass is 317 g/mol. The second-order valence-electron chi connectivity index (χ2n) is 5.01. The van der Waals surface area contributed by atoms with E-state index in [-0.39, 0.29) is 17.1 Å². The summed E-state index contributed by atoms with van der Waals surface area (Å²) in [6, 6.07) is 13.6. The van der Waals surface area contributed by atoms with Gasteiger partial charge in [-0.1, -0.05) is 18.2 Å². The van der Waals surface area contributed by atoms with Crippen LogP contribution < -0.4 is 4.74 Å². The predicted molar refractivity (Wildman–Crippen MR) is 85.6 cm³/mol. The molecule has 1 amide bonds. The first kappa shape index (κ1) is 14.9. The topological polar surface area (TPSA) is 29.5 Å². The molecule has 5 heteroatoms. The molecule has 0 unspecified atom stereocenters. The Kier molecular flexibility index (Phi) is 4.34. The van der Waals surface area contributed by atoms with E-state index >= 15 is 0 Å². The molecule has 114 valence electrons. The Bertz CT molecular complexity index is 692. The SMILES string of the molecule is COc1cccc(C(=O)N2CCS[C@H]2c2cccc(F)c2)c1. The van der Waals surface area contributed by atoms with Crippen molar-refractivity contribution in [2.75, 3.05) is 19.4 Å². The molecular weight excluding hydrogens is 301 g/mol. The van der Waals surface area contributed by atoms with Crippen molar-refractivity contribution in [3.63, 3.8) is 0 Å². The minimum Gasteiger partial charge on any atom is -0.497 e. The van der Waals surface area contributed by atoms with Crippen LogP contribution in [0.3, 0.4) is 0 Å². The van der Waals surface area contributed by atoms with E-state index in [1.165, 1.54) is 12.1 Å². The number of carbonyl (C=O) groups is 1. The van der Waals surface area contributed by atoms with E-state index in [0.29, 0.717) is 17.9 Å². The van der Waals surface area contributed by atoms with Crippen molar-refractivity contribution in [2.24, 2.45) is 0 Å². The van der Waals surface area contributed by atoms with E-state index < -0.39 is 0 Å². The highest BCUT2D eigenvalue weighted by atomic mass is 32.2. The minimum absolute atomic E-state index is 0.0573. The molecule has 1 fully saturated rings. The Balaban J connectivity index is 1.87. The van der Waals surface area contributed by atoms with Gasteiger partial charge in [0.25, 0.3) is 5.91 Å². The maximum Gasteiger partial charge on any atom is 0.255 e. The van der Waals surface area contributed by atoms with Crippen molar-refractivity contribution in [3.8, 4) is 5.75 Å². The van der Waals surface area contributed by atoms with Gasteiger partial charge in [-0.3, -0.25) is 4.79 Å². The number of hydrogen-bond acceptors (Lipinski definition) is 3. The zero-order valence-electron chi connectivity index (χ0n) is 12.2. The lowest BCUT2D eigenvalue weighted by atomic mass is 10.1. The molecule has 0 bridgehead atoms. The van der Waals surface area contributed by atoms with Gasteiger partial charge in [-0.15, -0.1) is 11.8 Å². The fourth-order valence-corrected chi connectivity index (χ4v) is 3.78. The van der Waals surface area contributed by atoms with Crippen LogP contribution in [-0.4, -0.2) is 30.2 Å². The van der Waals surface area contributed by atoms with Crippen LogP contribution in [-0.2, 0) is 0 Å². The zero-order chi connectivity index (χ0) is 15.5. The van der Waals surface area contributed by atoms with Crippen LogP contribution in [0.5, 0.6) is 5.75 Å². The molecule has 0 N–H and O–H groups in total. The van der Waals surface area contributed by atoms with Crippen LogP contribution in [0.2, 0.25) is 0 Å². The summed E-state index contributed by atoms with van der Waals surface area (Å²) in [5, 5.41) is -0.144. The molecule has 0 aliphatic carbocycles. The zero-order valence-corrected chi connectivity index (χ0v) is 13.0. The molecule has 3 nitrogen and oxygen atoms in total. The lowest BCUT2D eigenvalue weighted by Crippen LogP contribution is -2.30. The van der Waals surface area contributed by atoms with E-state index in [1.54, 1.807) is 54.1 Å². The third-order valence-corrected chi connectivity index (χ3v) is 4.86. The highest BCUT2D eigenvalue weighted by molar-refractivity contribution is 7.99. The molecule has 0 saturated carbocycles. The van der Waals surface area contributed by atoms with Crippen molar-refractivity contribution in [2.45, 2.75) is 5.37 Å². The standard InChI is InChI=1S/C17H16FNO2S/c1-21-15-7-3-4-12(11-15)16(20)19-8-9-22-17(19)13-5-2-6-14(18)10-13/h2-7,10-11,17H,8-9H2,1H3/t17-/m0/s1. The van der Waals surface area contributed by atoms with Gasteiger partial charge in [0.15, 0.2) is 0 Å². The molecule has 1 heterocycles. The summed E-state index contributed by atoms with van der Waals surface area (Å²) in [4.78, 5) is 14.5. The average Bonchev–Trinajstić information content (AvgIpc) is 3.04. The summed E-state index contributed by atoms with van der Waals surface area (Å²) in [7, 11) is 1.57. The molecule has 0 spiro atoms. The summed E-state index contributed by atoms with van der Waals surface area (Å²) in [5.41, 5.74) is 1.40. The maximum atomic E-state index is 13.4. The molecule has 1 saturated heterocycles. The van der Waals surface area contributed by atoms with Crippen LogP contribution >= 0.6 is 11.8 Å². The minimum atomic E-state index is -0.279. The largest absolute Gasteiger partial charge is 0.497 e. The number of benzene rings is 2. The highest BCUT2D eigenvalue weighted by Gasteiger charge is 2.31. The van der Waals surface area contributed by atoms with E-state index in [9.17, 15) is 9.18 Å². The number of carbonyl (C=O) groups excluding carboxylic acids is 1. The number of amides is 1. The van der Waals surface area contributed by atoms with Gasteiger partial charge < -0.3 is 9.64 Å². The molecule has 1 aliphatic rings. The second kappa shape index (κ2) is 6.40. The summed E-state index contributed by atoms with van der Waals surface area (Å²) in [6.45, 7) is 0.655. The van der Waals surface area contributed by atoms with Crippen LogP contribution in [0.1, 0.15) is 21.3 Å². The van der Waals surface area contributed by atoms with Gasteiger partial charge in [-0.05, 0) is 35.9 Å². The molecule has 1 aliphatic heterocycles.